The number of ketones is 1. The van der Waals surface area contributed by atoms with Crippen molar-refractivity contribution in [1.29, 1.82) is 0 Å². The molecule has 2 aromatic heterocycles. The van der Waals surface area contributed by atoms with E-state index >= 15 is 0 Å². The second kappa shape index (κ2) is 9.14. The molecule has 0 atom stereocenters. The number of Topliss-reactive ketones (excluding diaryl/α,β-unsaturated/α-hetero) is 1. The van der Waals surface area contributed by atoms with Crippen LogP contribution in [-0.2, 0) is 16.6 Å². The van der Waals surface area contributed by atoms with Crippen LogP contribution in [0.5, 0.6) is 5.75 Å². The topological polar surface area (TPSA) is 88.4 Å². The molecule has 1 aliphatic carbocycles. The Hall–Kier alpha value is -2.54. The minimum Gasteiger partial charge on any atom is -0.490 e. The fourth-order valence-electron chi connectivity index (χ4n) is 4.06. The number of anilines is 1. The molecule has 174 valence electrons. The minimum absolute atomic E-state index is 0.0519. The standard InChI is InChI=1S/C25H36N4O3/c1-16(2)12-17(30)14-29(7)23-21-19(8-10-24(21,3)4)27-22(28-23)20-13-18(9-11-26-20)32-15-25(5,6)31/h9,11,13,16,31H,8,10,12,14-15H2,1-7H3. The van der Waals surface area contributed by atoms with E-state index in [2.05, 4.69) is 32.7 Å². The molecule has 0 aromatic carbocycles. The summed E-state index contributed by atoms with van der Waals surface area (Å²) in [6, 6.07) is 3.55. The lowest BCUT2D eigenvalue weighted by Gasteiger charge is -2.27. The summed E-state index contributed by atoms with van der Waals surface area (Å²) in [7, 11) is 1.93. The second-order valence-corrected chi connectivity index (χ2v) is 10.5. The minimum atomic E-state index is -0.933. The summed E-state index contributed by atoms with van der Waals surface area (Å²) in [4.78, 5) is 28.7. The number of hydrogen-bond acceptors (Lipinski definition) is 7. The van der Waals surface area contributed by atoms with Crippen LogP contribution in [0.4, 0.5) is 5.82 Å². The summed E-state index contributed by atoms with van der Waals surface area (Å²) in [6.07, 6.45) is 4.07. The van der Waals surface area contributed by atoms with Gasteiger partial charge >= 0.3 is 0 Å². The van der Waals surface area contributed by atoms with Gasteiger partial charge in [-0.1, -0.05) is 27.7 Å². The number of aromatic nitrogens is 3. The van der Waals surface area contributed by atoms with Crippen LogP contribution in [0.25, 0.3) is 11.5 Å². The summed E-state index contributed by atoms with van der Waals surface area (Å²) in [5, 5.41) is 9.95. The molecular weight excluding hydrogens is 404 g/mol. The number of nitrogens with zero attached hydrogens (tertiary/aromatic N) is 4. The molecule has 0 spiro atoms. The number of ether oxygens (including phenoxy) is 1. The van der Waals surface area contributed by atoms with Crippen LogP contribution in [-0.4, -0.2) is 51.6 Å². The molecule has 0 radical (unpaired) electrons. The Bertz CT molecular complexity index is 980. The van der Waals surface area contributed by atoms with Crippen LogP contribution in [0.2, 0.25) is 0 Å². The number of rotatable bonds is 9. The molecule has 7 heteroatoms. The van der Waals surface area contributed by atoms with Crippen LogP contribution >= 0.6 is 0 Å². The Morgan fingerprint density at radius 1 is 1.31 bits per heavy atom. The van der Waals surface area contributed by atoms with E-state index in [9.17, 15) is 9.90 Å². The maximum Gasteiger partial charge on any atom is 0.180 e. The highest BCUT2D eigenvalue weighted by Gasteiger charge is 2.36. The summed E-state index contributed by atoms with van der Waals surface area (Å²) in [5.41, 5.74) is 1.76. The first-order valence-corrected chi connectivity index (χ1v) is 11.3. The van der Waals surface area contributed by atoms with Crippen molar-refractivity contribution in [3.05, 3.63) is 29.6 Å². The van der Waals surface area contributed by atoms with Gasteiger partial charge in [-0.3, -0.25) is 9.78 Å². The van der Waals surface area contributed by atoms with E-state index in [-0.39, 0.29) is 17.8 Å². The Balaban J connectivity index is 1.97. The van der Waals surface area contributed by atoms with E-state index in [0.717, 1.165) is 29.9 Å². The second-order valence-electron chi connectivity index (χ2n) is 10.5. The van der Waals surface area contributed by atoms with Crippen LogP contribution in [0.1, 0.15) is 65.6 Å². The van der Waals surface area contributed by atoms with E-state index in [1.54, 1.807) is 32.2 Å². The van der Waals surface area contributed by atoms with Crippen molar-refractivity contribution in [2.45, 2.75) is 71.8 Å². The van der Waals surface area contributed by atoms with Gasteiger partial charge in [-0.05, 0) is 44.1 Å². The largest absolute Gasteiger partial charge is 0.490 e. The SMILES string of the molecule is CC(C)CC(=O)CN(C)c1nc(-c2cc(OCC(C)(C)O)ccn2)nc2c1C(C)(C)CC2. The Morgan fingerprint density at radius 2 is 2.03 bits per heavy atom. The number of carbonyl (C=O) groups is 1. The Labute approximate surface area is 191 Å². The molecule has 0 saturated carbocycles. The maximum absolute atomic E-state index is 12.5. The third-order valence-corrected chi connectivity index (χ3v) is 5.59. The molecule has 0 amide bonds. The van der Waals surface area contributed by atoms with Crippen LogP contribution in [0.3, 0.4) is 0 Å². The molecule has 2 heterocycles. The predicted molar refractivity (Wildman–Crippen MR) is 126 cm³/mol. The highest BCUT2D eigenvalue weighted by molar-refractivity contribution is 5.83. The summed E-state index contributed by atoms with van der Waals surface area (Å²) in [5.74, 6) is 2.45. The van der Waals surface area contributed by atoms with Crippen molar-refractivity contribution in [2.24, 2.45) is 5.92 Å². The molecule has 32 heavy (non-hydrogen) atoms. The number of hydrogen-bond donors (Lipinski definition) is 1. The molecular formula is C25H36N4O3. The van der Waals surface area contributed by atoms with Crippen LogP contribution in [0, 0.1) is 5.92 Å². The third-order valence-electron chi connectivity index (χ3n) is 5.59. The highest BCUT2D eigenvalue weighted by atomic mass is 16.5. The van der Waals surface area contributed by atoms with Gasteiger partial charge in [-0.2, -0.15) is 0 Å². The van der Waals surface area contributed by atoms with Crippen molar-refractivity contribution < 1.29 is 14.6 Å². The van der Waals surface area contributed by atoms with Crippen molar-refractivity contribution in [3.63, 3.8) is 0 Å². The average molecular weight is 441 g/mol. The van der Waals surface area contributed by atoms with Gasteiger partial charge in [-0.25, -0.2) is 9.97 Å². The van der Waals surface area contributed by atoms with Crippen molar-refractivity contribution in [3.8, 4) is 17.3 Å². The van der Waals surface area contributed by atoms with Gasteiger partial charge in [0.15, 0.2) is 11.6 Å². The summed E-state index contributed by atoms with van der Waals surface area (Å²) in [6.45, 7) is 12.4. The number of aryl methyl sites for hydroxylation is 1. The first-order chi connectivity index (χ1) is 14.9. The number of aliphatic hydroxyl groups is 1. The lowest BCUT2D eigenvalue weighted by atomic mass is 9.87. The van der Waals surface area contributed by atoms with Crippen LogP contribution < -0.4 is 9.64 Å². The molecule has 1 N–H and O–H groups in total. The fourth-order valence-corrected chi connectivity index (χ4v) is 4.06. The highest BCUT2D eigenvalue weighted by Crippen LogP contribution is 2.43. The zero-order chi connectivity index (χ0) is 23.7. The zero-order valence-electron chi connectivity index (χ0n) is 20.4. The predicted octanol–water partition coefficient (Wildman–Crippen LogP) is 3.96. The van der Waals surface area contributed by atoms with E-state index < -0.39 is 5.60 Å². The van der Waals surface area contributed by atoms with Crippen molar-refractivity contribution in [2.75, 3.05) is 25.1 Å². The van der Waals surface area contributed by atoms with Gasteiger partial charge < -0.3 is 14.7 Å². The Morgan fingerprint density at radius 3 is 2.69 bits per heavy atom. The number of pyridine rings is 1. The maximum atomic E-state index is 12.5. The molecule has 0 aliphatic heterocycles. The number of likely N-dealkylation sites (N-methyl/N-ethyl adjacent to an activating group) is 1. The average Bonchev–Trinajstić information content (AvgIpc) is 2.99. The lowest BCUT2D eigenvalue weighted by molar-refractivity contribution is -0.118. The molecule has 0 fully saturated rings. The first-order valence-electron chi connectivity index (χ1n) is 11.3. The lowest BCUT2D eigenvalue weighted by Crippen LogP contribution is -2.30. The van der Waals surface area contributed by atoms with Crippen molar-refractivity contribution >= 4 is 11.6 Å². The van der Waals surface area contributed by atoms with Gasteiger partial charge in [0.25, 0.3) is 0 Å². The molecule has 1 aliphatic rings. The van der Waals surface area contributed by atoms with Gasteiger partial charge in [0.1, 0.15) is 23.9 Å². The molecule has 0 saturated heterocycles. The molecule has 2 aromatic rings. The smallest absolute Gasteiger partial charge is 0.180 e. The first kappa shape index (κ1) is 24.1. The van der Waals surface area contributed by atoms with Gasteiger partial charge in [-0.15, -0.1) is 0 Å². The van der Waals surface area contributed by atoms with E-state index in [1.807, 2.05) is 11.9 Å². The molecule has 0 bridgehead atoms. The number of fused-ring (bicyclic) bond motifs is 1. The molecule has 0 unspecified atom stereocenters. The van der Waals surface area contributed by atoms with E-state index in [4.69, 9.17) is 14.7 Å². The van der Waals surface area contributed by atoms with Crippen LogP contribution in [0.15, 0.2) is 18.3 Å². The zero-order valence-corrected chi connectivity index (χ0v) is 20.4. The normalized spacial score (nSPS) is 15.0. The monoisotopic (exact) mass is 440 g/mol. The third kappa shape index (κ3) is 5.82. The number of carbonyl (C=O) groups excluding carboxylic acids is 1. The van der Waals surface area contributed by atoms with Crippen molar-refractivity contribution in [1.82, 2.24) is 15.0 Å². The van der Waals surface area contributed by atoms with E-state index in [0.29, 0.717) is 36.2 Å². The Kier molecular flexibility index (Phi) is 6.89. The van der Waals surface area contributed by atoms with Gasteiger partial charge in [0.05, 0.1) is 17.8 Å². The fraction of sp³-hybridized carbons (Fsp3) is 0.600. The van der Waals surface area contributed by atoms with Gasteiger partial charge in [0.2, 0.25) is 0 Å². The van der Waals surface area contributed by atoms with E-state index in [1.165, 1.54) is 0 Å². The van der Waals surface area contributed by atoms with Gasteiger partial charge in [0, 0.05) is 31.3 Å². The quantitative estimate of drug-likeness (QED) is 0.631. The summed E-state index contributed by atoms with van der Waals surface area (Å²) >= 11 is 0. The molecule has 7 nitrogen and oxygen atoms in total. The summed E-state index contributed by atoms with van der Waals surface area (Å²) < 4.78 is 5.72. The molecule has 3 rings (SSSR count).